The summed E-state index contributed by atoms with van der Waals surface area (Å²) in [7, 11) is -0.750. The van der Waals surface area contributed by atoms with Crippen LogP contribution >= 0.6 is 0 Å². The number of anilines is 1. The first-order valence-electron chi connectivity index (χ1n) is 8.14. The van der Waals surface area contributed by atoms with Crippen molar-refractivity contribution >= 4 is 26.8 Å². The molecular weight excluding hydrogens is 312 g/mol. The lowest BCUT2D eigenvalue weighted by Gasteiger charge is -2.38. The molecule has 6 nitrogen and oxygen atoms in total. The molecule has 0 radical (unpaired) electrons. The fraction of sp³-hybridized carbons (Fsp3) is 0.562. The highest BCUT2D eigenvalue weighted by Crippen LogP contribution is 2.24. The third-order valence-corrected chi connectivity index (χ3v) is 6.84. The minimum Gasteiger partial charge on any atom is -0.340 e. The molecule has 2 saturated heterocycles. The molecule has 2 aliphatic rings. The summed E-state index contributed by atoms with van der Waals surface area (Å²) in [6.07, 6.45) is 0.786. The van der Waals surface area contributed by atoms with Gasteiger partial charge in [-0.15, -0.1) is 0 Å². The Morgan fingerprint density at radius 1 is 1.13 bits per heavy atom. The number of para-hydroxylation sites is 2. The zero-order chi connectivity index (χ0) is 16.0. The van der Waals surface area contributed by atoms with Crippen LogP contribution in [0, 0.1) is 0 Å². The van der Waals surface area contributed by atoms with Gasteiger partial charge < -0.3 is 9.47 Å². The SMILES string of the molecule is Cn1c(N2CCN(C3CCS(=O)(=O)C3)CC2)nc2ccccc21. The van der Waals surface area contributed by atoms with Crippen molar-refractivity contribution in [1.82, 2.24) is 14.5 Å². The number of sulfone groups is 1. The van der Waals surface area contributed by atoms with Crippen LogP contribution in [0.5, 0.6) is 0 Å². The van der Waals surface area contributed by atoms with E-state index in [4.69, 9.17) is 4.98 Å². The van der Waals surface area contributed by atoms with Crippen molar-refractivity contribution in [2.45, 2.75) is 12.5 Å². The first-order valence-corrected chi connectivity index (χ1v) is 9.96. The molecule has 1 aromatic heterocycles. The van der Waals surface area contributed by atoms with Gasteiger partial charge in [0.15, 0.2) is 9.84 Å². The molecule has 1 unspecified atom stereocenters. The molecule has 2 aromatic rings. The van der Waals surface area contributed by atoms with Crippen LogP contribution in [0.2, 0.25) is 0 Å². The largest absolute Gasteiger partial charge is 0.340 e. The predicted octanol–water partition coefficient (Wildman–Crippen LogP) is 0.882. The van der Waals surface area contributed by atoms with Crippen molar-refractivity contribution in [2.75, 3.05) is 42.6 Å². The van der Waals surface area contributed by atoms with Crippen LogP contribution in [-0.2, 0) is 16.9 Å². The van der Waals surface area contributed by atoms with Crippen molar-refractivity contribution < 1.29 is 8.42 Å². The lowest BCUT2D eigenvalue weighted by Crippen LogP contribution is -2.51. The fourth-order valence-corrected chi connectivity index (χ4v) is 5.53. The molecule has 0 bridgehead atoms. The van der Waals surface area contributed by atoms with Crippen LogP contribution in [0.3, 0.4) is 0 Å². The quantitative estimate of drug-likeness (QED) is 0.816. The van der Waals surface area contributed by atoms with Gasteiger partial charge in [0.2, 0.25) is 5.95 Å². The minimum atomic E-state index is -2.81. The molecule has 0 amide bonds. The predicted molar refractivity (Wildman–Crippen MR) is 91.6 cm³/mol. The molecule has 0 aliphatic carbocycles. The fourth-order valence-electron chi connectivity index (χ4n) is 3.77. The van der Waals surface area contributed by atoms with Gasteiger partial charge in [0.25, 0.3) is 0 Å². The monoisotopic (exact) mass is 334 g/mol. The number of imidazole rings is 1. The molecule has 3 heterocycles. The number of rotatable bonds is 2. The van der Waals surface area contributed by atoms with Gasteiger partial charge in [-0.05, 0) is 18.6 Å². The van der Waals surface area contributed by atoms with Crippen LogP contribution in [0.25, 0.3) is 11.0 Å². The summed E-state index contributed by atoms with van der Waals surface area (Å²) in [6.45, 7) is 3.61. The van der Waals surface area contributed by atoms with Crippen molar-refractivity contribution in [2.24, 2.45) is 7.05 Å². The molecule has 2 aliphatic heterocycles. The maximum Gasteiger partial charge on any atom is 0.206 e. The smallest absolute Gasteiger partial charge is 0.206 e. The van der Waals surface area contributed by atoms with E-state index in [1.807, 2.05) is 18.2 Å². The van der Waals surface area contributed by atoms with Gasteiger partial charge in [-0.25, -0.2) is 13.4 Å². The molecule has 4 rings (SSSR count). The highest BCUT2D eigenvalue weighted by molar-refractivity contribution is 7.91. The van der Waals surface area contributed by atoms with E-state index in [1.165, 1.54) is 0 Å². The molecular formula is C16H22N4O2S. The van der Waals surface area contributed by atoms with Crippen molar-refractivity contribution in [3.63, 3.8) is 0 Å². The first-order chi connectivity index (χ1) is 11.0. The Labute approximate surface area is 136 Å². The van der Waals surface area contributed by atoms with E-state index in [0.717, 1.165) is 49.6 Å². The Morgan fingerprint density at radius 3 is 2.52 bits per heavy atom. The second-order valence-corrected chi connectivity index (χ2v) is 8.77. The number of aryl methyl sites for hydroxylation is 1. The minimum absolute atomic E-state index is 0.211. The average molecular weight is 334 g/mol. The summed E-state index contributed by atoms with van der Waals surface area (Å²) in [6, 6.07) is 8.39. The van der Waals surface area contributed by atoms with E-state index < -0.39 is 9.84 Å². The standard InChI is InChI=1S/C16H22N4O2S/c1-18-15-5-3-2-4-14(15)17-16(18)20-9-7-19(8-10-20)13-6-11-23(21,22)12-13/h2-5,13H,6-12H2,1H3. The van der Waals surface area contributed by atoms with Crippen molar-refractivity contribution in [3.05, 3.63) is 24.3 Å². The Hall–Kier alpha value is -1.60. The van der Waals surface area contributed by atoms with E-state index in [0.29, 0.717) is 11.5 Å². The summed E-state index contributed by atoms with van der Waals surface area (Å²) in [4.78, 5) is 9.40. The van der Waals surface area contributed by atoms with Gasteiger partial charge >= 0.3 is 0 Å². The van der Waals surface area contributed by atoms with E-state index in [-0.39, 0.29) is 6.04 Å². The van der Waals surface area contributed by atoms with Crippen LogP contribution in [0.15, 0.2) is 24.3 Å². The summed E-state index contributed by atoms with van der Waals surface area (Å²) >= 11 is 0. The van der Waals surface area contributed by atoms with Crippen molar-refractivity contribution in [1.29, 1.82) is 0 Å². The second-order valence-electron chi connectivity index (χ2n) is 6.54. The number of piperazine rings is 1. The number of hydrogen-bond donors (Lipinski definition) is 0. The third kappa shape index (κ3) is 2.72. The second kappa shape index (κ2) is 5.49. The average Bonchev–Trinajstić information content (AvgIpc) is 3.08. The van der Waals surface area contributed by atoms with Crippen molar-refractivity contribution in [3.8, 4) is 0 Å². The van der Waals surface area contributed by atoms with Gasteiger partial charge in [-0.1, -0.05) is 12.1 Å². The summed E-state index contributed by atoms with van der Waals surface area (Å²) < 4.78 is 25.5. The van der Waals surface area contributed by atoms with Gasteiger partial charge in [0, 0.05) is 39.3 Å². The van der Waals surface area contributed by atoms with Gasteiger partial charge in [-0.3, -0.25) is 4.90 Å². The lowest BCUT2D eigenvalue weighted by atomic mass is 10.2. The Balaban J connectivity index is 1.48. The number of aromatic nitrogens is 2. The zero-order valence-electron chi connectivity index (χ0n) is 13.4. The Bertz CT molecular complexity index is 822. The highest BCUT2D eigenvalue weighted by atomic mass is 32.2. The van der Waals surface area contributed by atoms with Gasteiger partial charge in [0.05, 0.1) is 22.5 Å². The summed E-state index contributed by atoms with van der Waals surface area (Å²) in [5.74, 6) is 1.69. The summed E-state index contributed by atoms with van der Waals surface area (Å²) in [5.41, 5.74) is 2.17. The van der Waals surface area contributed by atoms with E-state index in [2.05, 4.69) is 27.5 Å². The third-order valence-electron chi connectivity index (χ3n) is 5.09. The molecule has 1 atom stereocenters. The number of fused-ring (bicyclic) bond motifs is 1. The van der Waals surface area contributed by atoms with Crippen LogP contribution in [0.4, 0.5) is 5.95 Å². The molecule has 1 aromatic carbocycles. The Kier molecular flexibility index (Phi) is 3.57. The topological polar surface area (TPSA) is 58.4 Å². The molecule has 23 heavy (non-hydrogen) atoms. The van der Waals surface area contributed by atoms with E-state index in [1.54, 1.807) is 0 Å². The van der Waals surface area contributed by atoms with Gasteiger partial charge in [-0.2, -0.15) is 0 Å². The van der Waals surface area contributed by atoms with Crippen LogP contribution < -0.4 is 4.90 Å². The number of hydrogen-bond acceptors (Lipinski definition) is 5. The molecule has 2 fully saturated rings. The molecule has 7 heteroatoms. The van der Waals surface area contributed by atoms with Crippen LogP contribution in [-0.4, -0.2) is 66.6 Å². The molecule has 0 N–H and O–H groups in total. The molecule has 0 spiro atoms. The molecule has 124 valence electrons. The molecule has 0 saturated carbocycles. The van der Waals surface area contributed by atoms with E-state index in [9.17, 15) is 8.42 Å². The Morgan fingerprint density at radius 2 is 1.87 bits per heavy atom. The lowest BCUT2D eigenvalue weighted by molar-refractivity contribution is 0.199. The maximum absolute atomic E-state index is 11.7. The maximum atomic E-state index is 11.7. The van der Waals surface area contributed by atoms with Gasteiger partial charge in [0.1, 0.15) is 0 Å². The van der Waals surface area contributed by atoms with E-state index >= 15 is 0 Å². The number of benzene rings is 1. The first kappa shape index (κ1) is 15.0. The highest BCUT2D eigenvalue weighted by Gasteiger charge is 2.34. The zero-order valence-corrected chi connectivity index (χ0v) is 14.2. The summed E-state index contributed by atoms with van der Waals surface area (Å²) in [5, 5.41) is 0. The normalized spacial score (nSPS) is 25.3. The van der Waals surface area contributed by atoms with Crippen LogP contribution in [0.1, 0.15) is 6.42 Å². The number of nitrogens with zero attached hydrogens (tertiary/aromatic N) is 4.